The van der Waals surface area contributed by atoms with Gasteiger partial charge in [0.2, 0.25) is 0 Å². The summed E-state index contributed by atoms with van der Waals surface area (Å²) in [6.45, 7) is -0.442. The molecule has 0 aliphatic heterocycles. The van der Waals surface area contributed by atoms with Crippen molar-refractivity contribution in [2.45, 2.75) is 24.4 Å². The topological polar surface area (TPSA) is 101 Å². The molecule has 4 atom stereocenters. The lowest BCUT2D eigenvalue weighted by molar-refractivity contribution is -0.0948. The third kappa shape index (κ3) is 1.50. The van der Waals surface area contributed by atoms with Gasteiger partial charge in [0.15, 0.2) is 0 Å². The normalized spacial score (nSPS) is 42.6. The minimum absolute atomic E-state index is 0.125. The van der Waals surface area contributed by atoms with Crippen molar-refractivity contribution in [1.29, 1.82) is 0 Å². The molecule has 1 aliphatic carbocycles. The van der Waals surface area contributed by atoms with Gasteiger partial charge in [0.25, 0.3) is 0 Å². The number of hydrogen-bond donors (Lipinski definition) is 5. The summed E-state index contributed by atoms with van der Waals surface area (Å²) in [6, 6.07) is 0. The van der Waals surface area contributed by atoms with E-state index in [1.807, 2.05) is 0 Å². The van der Waals surface area contributed by atoms with Gasteiger partial charge in [-0.1, -0.05) is 0 Å². The number of hydrogen-bond acceptors (Lipinski definition) is 5. The van der Waals surface area contributed by atoms with Crippen molar-refractivity contribution >= 4 is 0 Å². The summed E-state index contributed by atoms with van der Waals surface area (Å²) in [5.74, 6) is 0. The van der Waals surface area contributed by atoms with Gasteiger partial charge in [0, 0.05) is 0 Å². The number of aliphatic hydroxyl groups is 5. The monoisotopic (exact) mass is 177 g/mol. The van der Waals surface area contributed by atoms with Crippen LogP contribution in [-0.4, -0.2) is 56.6 Å². The van der Waals surface area contributed by atoms with E-state index in [0.717, 1.165) is 6.08 Å². The van der Waals surface area contributed by atoms with Crippen molar-refractivity contribution in [1.82, 2.24) is 0 Å². The molecule has 0 unspecified atom stereocenters. The highest BCUT2D eigenvalue weighted by atomic mass is 16.4. The zero-order valence-electron chi connectivity index (χ0n) is 6.33. The Morgan fingerprint density at radius 2 is 1.67 bits per heavy atom. The highest BCUT2D eigenvalue weighted by Gasteiger charge is 2.35. The van der Waals surface area contributed by atoms with Gasteiger partial charge in [-0.2, -0.15) is 0 Å². The van der Waals surface area contributed by atoms with Crippen LogP contribution in [0.15, 0.2) is 11.6 Å². The van der Waals surface area contributed by atoms with Gasteiger partial charge in [-0.05, 0) is 11.6 Å². The Balaban J connectivity index is 2.84. The van der Waals surface area contributed by atoms with Crippen molar-refractivity contribution in [2.24, 2.45) is 0 Å². The third-order valence-corrected chi connectivity index (χ3v) is 1.97. The van der Waals surface area contributed by atoms with Gasteiger partial charge in [-0.25, -0.2) is 0 Å². The Morgan fingerprint density at radius 3 is 2.17 bits per heavy atom. The first-order valence-corrected chi connectivity index (χ1v) is 3.61. The SMILES string of the molecule is OCC1=C[13C@@H](O)[C@H](O)[C@@H](O)[C@@H]1O. The first-order chi connectivity index (χ1) is 5.57. The van der Waals surface area contributed by atoms with Crippen molar-refractivity contribution in [3.63, 3.8) is 0 Å². The second-order valence-electron chi connectivity index (χ2n) is 2.82. The Morgan fingerprint density at radius 1 is 1.08 bits per heavy atom. The molecule has 5 N–H and O–H groups in total. The molecule has 0 amide bonds. The fraction of sp³-hybridized carbons (Fsp3) is 0.714. The minimum atomic E-state index is -1.44. The van der Waals surface area contributed by atoms with E-state index in [-0.39, 0.29) is 5.57 Å². The highest BCUT2D eigenvalue weighted by Crippen LogP contribution is 2.19. The first-order valence-electron chi connectivity index (χ1n) is 3.61. The first kappa shape index (κ1) is 9.63. The van der Waals surface area contributed by atoms with E-state index in [1.165, 1.54) is 0 Å². The van der Waals surface area contributed by atoms with Crippen LogP contribution >= 0.6 is 0 Å². The Kier molecular flexibility index (Phi) is 2.81. The molecule has 0 bridgehead atoms. The summed E-state index contributed by atoms with van der Waals surface area (Å²) in [7, 11) is 0. The maximum atomic E-state index is 9.18. The smallest absolute Gasteiger partial charge is 0.112 e. The minimum Gasteiger partial charge on any atom is -0.392 e. The van der Waals surface area contributed by atoms with E-state index in [0.29, 0.717) is 0 Å². The van der Waals surface area contributed by atoms with Crippen LogP contribution in [0.25, 0.3) is 0 Å². The predicted octanol–water partition coefficient (Wildman–Crippen LogP) is -2.64. The summed E-state index contributed by atoms with van der Waals surface area (Å²) >= 11 is 0. The molecule has 0 aromatic carbocycles. The van der Waals surface area contributed by atoms with Gasteiger partial charge in [0.1, 0.15) is 24.4 Å². The van der Waals surface area contributed by atoms with Crippen LogP contribution in [0.5, 0.6) is 0 Å². The van der Waals surface area contributed by atoms with Crippen molar-refractivity contribution in [3.05, 3.63) is 11.6 Å². The lowest BCUT2D eigenvalue weighted by Gasteiger charge is -2.31. The van der Waals surface area contributed by atoms with Crippen LogP contribution in [0.2, 0.25) is 0 Å². The molecule has 0 aromatic heterocycles. The van der Waals surface area contributed by atoms with E-state index in [2.05, 4.69) is 0 Å². The molecule has 0 saturated heterocycles. The predicted molar refractivity (Wildman–Crippen MR) is 39.2 cm³/mol. The molecule has 0 heterocycles. The molecule has 5 heteroatoms. The molecular formula is C7H12O5. The van der Waals surface area contributed by atoms with Gasteiger partial charge in [-0.3, -0.25) is 0 Å². The fourth-order valence-electron chi connectivity index (χ4n) is 1.17. The molecule has 0 aromatic rings. The lowest BCUT2D eigenvalue weighted by atomic mass is 9.98. The second-order valence-corrected chi connectivity index (χ2v) is 2.82. The molecule has 70 valence electrons. The molecule has 1 rings (SSSR count). The molecule has 0 saturated carbocycles. The van der Waals surface area contributed by atoms with Crippen molar-refractivity contribution in [2.75, 3.05) is 6.61 Å². The highest BCUT2D eigenvalue weighted by molar-refractivity contribution is 5.19. The quantitative estimate of drug-likeness (QED) is 0.223. The largest absolute Gasteiger partial charge is 0.392 e. The summed E-state index contributed by atoms with van der Waals surface area (Å²) in [4.78, 5) is 0. The molecule has 0 fully saturated rings. The fourth-order valence-corrected chi connectivity index (χ4v) is 1.17. The van der Waals surface area contributed by atoms with Crippen LogP contribution in [0.1, 0.15) is 0 Å². The Labute approximate surface area is 69.2 Å². The maximum Gasteiger partial charge on any atom is 0.112 e. The van der Waals surface area contributed by atoms with E-state index < -0.39 is 31.0 Å². The standard InChI is InChI=1S/C7H12O5/c8-2-3-1-4(9)6(11)7(12)5(3)10/h1,4-12H,2H2/t4-,5-,6+,7+/m1/s1/i4+1. The maximum absolute atomic E-state index is 9.18. The third-order valence-electron chi connectivity index (χ3n) is 1.97. The van der Waals surface area contributed by atoms with Gasteiger partial charge in [-0.15, -0.1) is 0 Å². The van der Waals surface area contributed by atoms with Gasteiger partial charge in [0.05, 0.1) is 6.61 Å². The average molecular weight is 177 g/mol. The molecular weight excluding hydrogens is 165 g/mol. The summed E-state index contributed by atoms with van der Waals surface area (Å²) < 4.78 is 0. The number of rotatable bonds is 1. The zero-order valence-corrected chi connectivity index (χ0v) is 6.33. The average Bonchev–Trinajstić information content (AvgIpc) is 2.08. The summed E-state index contributed by atoms with van der Waals surface area (Å²) in [6.07, 6.45) is -4.22. The molecule has 0 radical (unpaired) electrons. The zero-order chi connectivity index (χ0) is 9.30. The van der Waals surface area contributed by atoms with Crippen molar-refractivity contribution < 1.29 is 25.5 Å². The second kappa shape index (κ2) is 3.51. The summed E-state index contributed by atoms with van der Waals surface area (Å²) in [5.41, 5.74) is 0.125. The number of aliphatic hydroxyl groups excluding tert-OH is 5. The van der Waals surface area contributed by atoms with Gasteiger partial charge >= 0.3 is 0 Å². The molecule has 1 aliphatic rings. The lowest BCUT2D eigenvalue weighted by Crippen LogP contribution is -2.48. The van der Waals surface area contributed by atoms with E-state index in [4.69, 9.17) is 20.4 Å². The van der Waals surface area contributed by atoms with Crippen LogP contribution in [0.3, 0.4) is 0 Å². The van der Waals surface area contributed by atoms with E-state index >= 15 is 0 Å². The molecule has 5 nitrogen and oxygen atoms in total. The van der Waals surface area contributed by atoms with Crippen LogP contribution in [0.4, 0.5) is 0 Å². The van der Waals surface area contributed by atoms with Crippen molar-refractivity contribution in [3.8, 4) is 0 Å². The van der Waals surface area contributed by atoms with Crippen LogP contribution in [0, 0.1) is 0 Å². The van der Waals surface area contributed by atoms with Gasteiger partial charge < -0.3 is 25.5 Å². The van der Waals surface area contributed by atoms with E-state index in [9.17, 15) is 5.11 Å². The van der Waals surface area contributed by atoms with Crippen LogP contribution < -0.4 is 0 Å². The van der Waals surface area contributed by atoms with Crippen LogP contribution in [-0.2, 0) is 0 Å². The van der Waals surface area contributed by atoms with E-state index in [1.54, 1.807) is 0 Å². The summed E-state index contributed by atoms with van der Waals surface area (Å²) in [5, 5.41) is 45.0. The Hall–Kier alpha value is -0.460. The molecule has 0 spiro atoms. The molecule has 12 heavy (non-hydrogen) atoms. The Bertz CT molecular complexity index is 190.